The van der Waals surface area contributed by atoms with Gasteiger partial charge < -0.3 is 24.6 Å². The molecule has 3 aliphatic heterocycles. The molecule has 1 aromatic rings. The number of amides is 1. The van der Waals surface area contributed by atoms with E-state index in [1.165, 1.54) is 18.4 Å². The van der Waals surface area contributed by atoms with Crippen molar-refractivity contribution in [3.63, 3.8) is 0 Å². The van der Waals surface area contributed by atoms with Crippen molar-refractivity contribution in [2.24, 2.45) is 17.3 Å². The van der Waals surface area contributed by atoms with Crippen molar-refractivity contribution < 1.29 is 42.1 Å². The van der Waals surface area contributed by atoms with E-state index in [0.29, 0.717) is 25.7 Å². The molecule has 1 saturated carbocycles. The zero-order valence-corrected chi connectivity index (χ0v) is 18.0. The Morgan fingerprint density at radius 3 is 2.64 bits per heavy atom. The fourth-order valence-electron chi connectivity index (χ4n) is 4.57. The maximum Gasteiger partial charge on any atom is 0.490 e. The number of carbonyl (C=O) groups excluding carboxylic acids is 1. The third-order valence-corrected chi connectivity index (χ3v) is 6.47. The smallest absolute Gasteiger partial charge is 0.475 e. The predicted molar refractivity (Wildman–Crippen MR) is 109 cm³/mol. The molecule has 1 aromatic carbocycles. The summed E-state index contributed by atoms with van der Waals surface area (Å²) in [6.07, 6.45) is -1.97. The number of carboxylic acids is 1. The number of ether oxygens (including phenoxy) is 3. The molecular formula is C22H27F3N2O6. The van der Waals surface area contributed by atoms with Crippen molar-refractivity contribution in [3.8, 4) is 11.5 Å². The Hall–Kier alpha value is -2.53. The van der Waals surface area contributed by atoms with E-state index in [9.17, 15) is 18.0 Å². The monoisotopic (exact) mass is 472 g/mol. The number of alkyl halides is 3. The molecule has 1 aliphatic carbocycles. The predicted octanol–water partition coefficient (Wildman–Crippen LogP) is 2.41. The number of nitrogens with zero attached hydrogens (tertiary/aromatic N) is 1. The molecule has 2 N–H and O–H groups in total. The number of hydrogen-bond donors (Lipinski definition) is 2. The van der Waals surface area contributed by atoms with E-state index < -0.39 is 12.1 Å². The maximum absolute atomic E-state index is 12.4. The number of nitrogens with one attached hydrogen (secondary N) is 1. The van der Waals surface area contributed by atoms with Crippen LogP contribution in [0.2, 0.25) is 0 Å². The molecule has 0 unspecified atom stereocenters. The van der Waals surface area contributed by atoms with Gasteiger partial charge in [-0.3, -0.25) is 9.69 Å². The van der Waals surface area contributed by atoms with Crippen LogP contribution in [-0.2, 0) is 20.9 Å². The highest BCUT2D eigenvalue weighted by Crippen LogP contribution is 2.44. The van der Waals surface area contributed by atoms with Gasteiger partial charge in [0.2, 0.25) is 12.7 Å². The van der Waals surface area contributed by atoms with Crippen LogP contribution < -0.4 is 14.8 Å². The minimum atomic E-state index is -5.08. The summed E-state index contributed by atoms with van der Waals surface area (Å²) >= 11 is 0. The van der Waals surface area contributed by atoms with Gasteiger partial charge in [0, 0.05) is 43.9 Å². The number of carboxylic acid groups (broad SMARTS) is 1. The minimum Gasteiger partial charge on any atom is -0.475 e. The number of likely N-dealkylation sites (tertiary alicyclic amines) is 1. The van der Waals surface area contributed by atoms with Crippen molar-refractivity contribution in [1.82, 2.24) is 10.2 Å². The highest BCUT2D eigenvalue weighted by molar-refractivity contribution is 5.77. The molecule has 33 heavy (non-hydrogen) atoms. The molecule has 11 heteroatoms. The largest absolute Gasteiger partial charge is 0.490 e. The van der Waals surface area contributed by atoms with Crippen LogP contribution in [0, 0.1) is 17.3 Å². The fraction of sp³-hybridized carbons (Fsp3) is 0.636. The van der Waals surface area contributed by atoms with Gasteiger partial charge in [0.25, 0.3) is 0 Å². The Morgan fingerprint density at radius 2 is 1.94 bits per heavy atom. The van der Waals surface area contributed by atoms with Crippen molar-refractivity contribution >= 4 is 11.9 Å². The lowest BCUT2D eigenvalue weighted by Crippen LogP contribution is -2.38. The van der Waals surface area contributed by atoms with Gasteiger partial charge in [-0.15, -0.1) is 0 Å². The molecule has 0 spiro atoms. The molecule has 2 saturated heterocycles. The molecule has 182 valence electrons. The van der Waals surface area contributed by atoms with Gasteiger partial charge >= 0.3 is 12.1 Å². The summed E-state index contributed by atoms with van der Waals surface area (Å²) in [5.74, 6) is 0.259. The molecule has 0 radical (unpaired) electrons. The summed E-state index contributed by atoms with van der Waals surface area (Å²) < 4.78 is 48.4. The first-order chi connectivity index (χ1) is 15.6. The zero-order chi connectivity index (χ0) is 23.6. The number of rotatable bonds is 6. The summed E-state index contributed by atoms with van der Waals surface area (Å²) in [4.78, 5) is 23.8. The maximum atomic E-state index is 12.4. The number of halogens is 3. The summed E-state index contributed by atoms with van der Waals surface area (Å²) in [5.41, 5.74) is 1.20. The third-order valence-electron chi connectivity index (χ3n) is 6.47. The molecule has 8 nitrogen and oxygen atoms in total. The minimum absolute atomic E-state index is 0.0238. The average Bonchev–Trinajstić information content (AvgIpc) is 3.17. The first-order valence-corrected chi connectivity index (χ1v) is 10.9. The Morgan fingerprint density at radius 1 is 1.21 bits per heavy atom. The quantitative estimate of drug-likeness (QED) is 0.656. The second-order valence-electron chi connectivity index (χ2n) is 9.16. The summed E-state index contributed by atoms with van der Waals surface area (Å²) in [6.45, 7) is 5.41. The van der Waals surface area contributed by atoms with Gasteiger partial charge in [0.05, 0.1) is 13.2 Å². The highest BCUT2D eigenvalue weighted by Gasteiger charge is 2.51. The van der Waals surface area contributed by atoms with E-state index >= 15 is 0 Å². The Bertz CT molecular complexity index is 891. The van der Waals surface area contributed by atoms with Crippen LogP contribution in [0.3, 0.4) is 0 Å². The van der Waals surface area contributed by atoms with E-state index in [1.807, 2.05) is 6.07 Å². The van der Waals surface area contributed by atoms with Gasteiger partial charge in [0.15, 0.2) is 11.5 Å². The Balaban J connectivity index is 0.000000325. The van der Waals surface area contributed by atoms with Gasteiger partial charge in [0.1, 0.15) is 0 Å². The summed E-state index contributed by atoms with van der Waals surface area (Å²) in [7, 11) is 0. The van der Waals surface area contributed by atoms with Gasteiger partial charge in [-0.05, 0) is 36.5 Å². The van der Waals surface area contributed by atoms with Crippen LogP contribution >= 0.6 is 0 Å². The first-order valence-electron chi connectivity index (χ1n) is 10.9. The lowest BCUT2D eigenvalue weighted by Gasteiger charge is -2.26. The molecule has 3 fully saturated rings. The van der Waals surface area contributed by atoms with Crippen LogP contribution in [0.15, 0.2) is 18.2 Å². The van der Waals surface area contributed by atoms with E-state index in [0.717, 1.165) is 50.2 Å². The molecule has 1 amide bonds. The number of benzene rings is 1. The first kappa shape index (κ1) is 23.6. The van der Waals surface area contributed by atoms with Crippen LogP contribution in [0.25, 0.3) is 0 Å². The molecular weight excluding hydrogens is 445 g/mol. The summed E-state index contributed by atoms with van der Waals surface area (Å²) in [5, 5.41) is 10.3. The number of carbonyl (C=O) groups is 2. The second kappa shape index (κ2) is 9.38. The van der Waals surface area contributed by atoms with E-state index in [1.54, 1.807) is 0 Å². The van der Waals surface area contributed by atoms with E-state index in [-0.39, 0.29) is 11.3 Å². The van der Waals surface area contributed by atoms with E-state index in [4.69, 9.17) is 24.1 Å². The molecule has 5 rings (SSSR count). The molecule has 2 atom stereocenters. The Kier molecular flexibility index (Phi) is 6.71. The standard InChI is InChI=1S/C20H26N2O4.C2HF3O2/c23-19(21-7-14-1-2-14)6-20-11-22(9-16(20)10-24-12-20)8-15-3-4-17-18(5-15)26-13-25-17;3-2(4,5)1(6)7/h3-5,14,16H,1-2,6-13H2,(H,21,23);(H,6,7)/t16-,20+;/m1./s1. The van der Waals surface area contributed by atoms with Crippen molar-refractivity contribution in [2.45, 2.75) is 32.0 Å². The van der Waals surface area contributed by atoms with Crippen LogP contribution in [0.4, 0.5) is 13.2 Å². The molecule has 4 aliphatic rings. The highest BCUT2D eigenvalue weighted by atomic mass is 19.4. The second-order valence-corrected chi connectivity index (χ2v) is 9.16. The molecule has 0 aromatic heterocycles. The SMILES string of the molecule is O=C(C[C@]12COC[C@H]1CN(Cc1ccc3c(c1)OCO3)C2)NCC1CC1.O=C(O)C(F)(F)F. The third kappa shape index (κ3) is 5.89. The van der Waals surface area contributed by atoms with Crippen LogP contribution in [0.5, 0.6) is 11.5 Å². The number of fused-ring (bicyclic) bond motifs is 2. The normalized spacial score (nSPS) is 25.8. The molecule has 0 bridgehead atoms. The van der Waals surface area contributed by atoms with E-state index in [2.05, 4.69) is 22.3 Å². The zero-order valence-electron chi connectivity index (χ0n) is 18.0. The number of hydrogen-bond acceptors (Lipinski definition) is 6. The number of aliphatic carboxylic acids is 1. The van der Waals surface area contributed by atoms with Crippen molar-refractivity contribution in [3.05, 3.63) is 23.8 Å². The van der Waals surface area contributed by atoms with Gasteiger partial charge in [-0.25, -0.2) is 4.79 Å². The van der Waals surface area contributed by atoms with Gasteiger partial charge in [-0.2, -0.15) is 13.2 Å². The lowest BCUT2D eigenvalue weighted by atomic mass is 9.78. The molecule has 3 heterocycles. The summed E-state index contributed by atoms with van der Waals surface area (Å²) in [6, 6.07) is 6.16. The average molecular weight is 472 g/mol. The van der Waals surface area contributed by atoms with Gasteiger partial charge in [-0.1, -0.05) is 6.07 Å². The van der Waals surface area contributed by atoms with Crippen molar-refractivity contribution in [1.29, 1.82) is 0 Å². The topological polar surface area (TPSA) is 97.3 Å². The van der Waals surface area contributed by atoms with Crippen LogP contribution in [0.1, 0.15) is 24.8 Å². The Labute approximate surface area is 189 Å². The lowest BCUT2D eigenvalue weighted by molar-refractivity contribution is -0.192. The fourth-order valence-corrected chi connectivity index (χ4v) is 4.57. The van der Waals surface area contributed by atoms with Crippen LogP contribution in [-0.4, -0.2) is 67.7 Å². The van der Waals surface area contributed by atoms with Crippen molar-refractivity contribution in [2.75, 3.05) is 39.6 Å².